The molecule has 3 heterocycles. The van der Waals surface area contributed by atoms with Crippen LogP contribution in [0.4, 0.5) is 25.0 Å². The third kappa shape index (κ3) is 4.18. The number of benzene rings is 1. The van der Waals surface area contributed by atoms with Crippen LogP contribution < -0.4 is 20.9 Å². The van der Waals surface area contributed by atoms with Crippen molar-refractivity contribution in [1.82, 2.24) is 10.2 Å². The van der Waals surface area contributed by atoms with Crippen molar-refractivity contribution in [3.05, 3.63) is 23.8 Å². The summed E-state index contributed by atoms with van der Waals surface area (Å²) in [6, 6.07) is 2.69. The number of nitrogens with zero attached hydrogens (tertiary/aromatic N) is 3. The van der Waals surface area contributed by atoms with Crippen molar-refractivity contribution in [2.24, 2.45) is 5.73 Å². The summed E-state index contributed by atoms with van der Waals surface area (Å²) in [4.78, 5) is 28.5. The summed E-state index contributed by atoms with van der Waals surface area (Å²) >= 11 is 0. The minimum absolute atomic E-state index is 0.0735. The molecule has 30 heavy (non-hydrogen) atoms. The van der Waals surface area contributed by atoms with Crippen LogP contribution in [0.3, 0.4) is 0 Å². The first-order chi connectivity index (χ1) is 14.5. The average molecular weight is 425 g/mol. The molecule has 0 spiro atoms. The number of nitrogens with one attached hydrogen (secondary N) is 1. The highest BCUT2D eigenvalue weighted by molar-refractivity contribution is 5.90. The van der Waals surface area contributed by atoms with Gasteiger partial charge in [0.1, 0.15) is 11.8 Å². The van der Waals surface area contributed by atoms with Crippen molar-refractivity contribution in [2.75, 3.05) is 68.8 Å². The van der Waals surface area contributed by atoms with Gasteiger partial charge in [-0.3, -0.25) is 14.6 Å². The molecular formula is C19H25F2N5O4. The number of carbonyl (C=O) groups excluding carboxylic acids is 2. The van der Waals surface area contributed by atoms with Gasteiger partial charge in [-0.25, -0.2) is 13.6 Å². The molecule has 0 bridgehead atoms. The summed E-state index contributed by atoms with van der Waals surface area (Å²) in [6.07, 6.45) is -1.34. The number of anilines is 2. The van der Waals surface area contributed by atoms with Crippen LogP contribution in [-0.4, -0.2) is 88.1 Å². The minimum Gasteiger partial charge on any atom is -0.442 e. The topological polar surface area (TPSA) is 100 Å². The molecule has 1 aromatic carbocycles. The summed E-state index contributed by atoms with van der Waals surface area (Å²) < 4.78 is 40.0. The predicted octanol–water partition coefficient (Wildman–Crippen LogP) is -0.114. The first-order valence-electron chi connectivity index (χ1n) is 9.97. The second-order valence-corrected chi connectivity index (χ2v) is 7.60. The van der Waals surface area contributed by atoms with Crippen LogP contribution in [0.25, 0.3) is 0 Å². The SMILES string of the molecule is NCC(=O)NC[C@@H]1CN(c2cc(F)c(N3CCN(C4COC4)CC3)c(F)c2)C(=O)O1. The molecule has 3 saturated heterocycles. The molecule has 1 aromatic rings. The largest absolute Gasteiger partial charge is 0.442 e. The van der Waals surface area contributed by atoms with E-state index in [0.717, 1.165) is 17.0 Å². The zero-order chi connectivity index (χ0) is 21.3. The van der Waals surface area contributed by atoms with E-state index < -0.39 is 23.8 Å². The van der Waals surface area contributed by atoms with Crippen molar-refractivity contribution in [3.63, 3.8) is 0 Å². The summed E-state index contributed by atoms with van der Waals surface area (Å²) in [5.41, 5.74) is 5.22. The molecule has 3 aliphatic heterocycles. The summed E-state index contributed by atoms with van der Waals surface area (Å²) in [5, 5.41) is 2.53. The highest BCUT2D eigenvalue weighted by Gasteiger charge is 2.35. The second kappa shape index (κ2) is 8.70. The predicted molar refractivity (Wildman–Crippen MR) is 104 cm³/mol. The Kier molecular flexibility index (Phi) is 6.02. The number of piperazine rings is 1. The van der Waals surface area contributed by atoms with E-state index in [4.69, 9.17) is 15.2 Å². The van der Waals surface area contributed by atoms with Crippen molar-refractivity contribution >= 4 is 23.4 Å². The molecule has 3 fully saturated rings. The third-order valence-corrected chi connectivity index (χ3v) is 5.67. The van der Waals surface area contributed by atoms with Gasteiger partial charge in [0.25, 0.3) is 0 Å². The number of amides is 2. The van der Waals surface area contributed by atoms with Crippen LogP contribution in [0.1, 0.15) is 0 Å². The van der Waals surface area contributed by atoms with Crippen LogP contribution in [0.5, 0.6) is 0 Å². The van der Waals surface area contributed by atoms with Gasteiger partial charge in [0.15, 0.2) is 11.6 Å². The molecule has 0 radical (unpaired) electrons. The smallest absolute Gasteiger partial charge is 0.414 e. The van der Waals surface area contributed by atoms with Gasteiger partial charge in [-0.2, -0.15) is 0 Å². The van der Waals surface area contributed by atoms with Crippen molar-refractivity contribution in [2.45, 2.75) is 12.1 Å². The second-order valence-electron chi connectivity index (χ2n) is 7.60. The quantitative estimate of drug-likeness (QED) is 0.656. The van der Waals surface area contributed by atoms with Crippen LogP contribution in [0, 0.1) is 11.6 Å². The van der Waals surface area contributed by atoms with Gasteiger partial charge in [-0.1, -0.05) is 0 Å². The van der Waals surface area contributed by atoms with Gasteiger partial charge >= 0.3 is 6.09 Å². The standard InChI is InChI=1S/C19H25F2N5O4/c20-15-5-12(26-9-14(30-19(26)28)8-23-17(27)7-22)6-16(21)18(15)25-3-1-24(2-4-25)13-10-29-11-13/h5-6,13-14H,1-4,7-11,22H2,(H,23,27)/t14-/m1/s1. The molecule has 2 amide bonds. The lowest BCUT2D eigenvalue weighted by atomic mass is 10.1. The maximum atomic E-state index is 14.8. The maximum Gasteiger partial charge on any atom is 0.414 e. The molecule has 4 rings (SSSR count). The number of hydrogen-bond donors (Lipinski definition) is 2. The van der Waals surface area contributed by atoms with E-state index in [-0.39, 0.29) is 36.9 Å². The molecule has 1 atom stereocenters. The summed E-state index contributed by atoms with van der Waals surface area (Å²) in [6.45, 7) is 3.84. The molecule has 9 nitrogen and oxygen atoms in total. The van der Waals surface area contributed by atoms with Crippen LogP contribution >= 0.6 is 0 Å². The van der Waals surface area contributed by atoms with Gasteiger partial charge < -0.3 is 25.4 Å². The first-order valence-corrected chi connectivity index (χ1v) is 9.97. The van der Waals surface area contributed by atoms with Crippen LogP contribution in [-0.2, 0) is 14.3 Å². The number of carbonyl (C=O) groups is 2. The highest BCUT2D eigenvalue weighted by Crippen LogP contribution is 2.31. The Labute approximate surface area is 172 Å². The number of rotatable bonds is 6. The third-order valence-electron chi connectivity index (χ3n) is 5.67. The molecular weight excluding hydrogens is 400 g/mol. The fourth-order valence-electron chi connectivity index (χ4n) is 3.89. The first kappa shape index (κ1) is 20.8. The molecule has 0 saturated carbocycles. The molecule has 0 aromatic heterocycles. The molecule has 0 unspecified atom stereocenters. The molecule has 164 valence electrons. The Morgan fingerprint density at radius 1 is 1.17 bits per heavy atom. The Morgan fingerprint density at radius 2 is 1.83 bits per heavy atom. The Morgan fingerprint density at radius 3 is 2.40 bits per heavy atom. The van der Waals surface area contributed by atoms with Gasteiger partial charge in [0, 0.05) is 38.3 Å². The number of halogens is 2. The number of hydrogen-bond acceptors (Lipinski definition) is 7. The lowest BCUT2D eigenvalue weighted by Crippen LogP contribution is -2.56. The summed E-state index contributed by atoms with van der Waals surface area (Å²) in [5.74, 6) is -1.83. The fraction of sp³-hybridized carbons (Fsp3) is 0.579. The van der Waals surface area contributed by atoms with Crippen LogP contribution in [0.2, 0.25) is 0 Å². The van der Waals surface area contributed by atoms with Crippen molar-refractivity contribution in [1.29, 1.82) is 0 Å². The van der Waals surface area contributed by atoms with E-state index >= 15 is 0 Å². The monoisotopic (exact) mass is 425 g/mol. The van der Waals surface area contributed by atoms with E-state index in [1.807, 2.05) is 0 Å². The zero-order valence-corrected chi connectivity index (χ0v) is 16.5. The van der Waals surface area contributed by atoms with E-state index in [0.29, 0.717) is 45.4 Å². The van der Waals surface area contributed by atoms with Gasteiger partial charge in [-0.15, -0.1) is 0 Å². The Bertz CT molecular complexity index is 791. The lowest BCUT2D eigenvalue weighted by Gasteiger charge is -2.43. The van der Waals surface area contributed by atoms with E-state index in [2.05, 4.69) is 10.2 Å². The fourth-order valence-corrected chi connectivity index (χ4v) is 3.89. The Balaban J connectivity index is 1.41. The highest BCUT2D eigenvalue weighted by atomic mass is 19.1. The normalized spacial score (nSPS) is 22.8. The number of cyclic esters (lactones) is 1. The van der Waals surface area contributed by atoms with Gasteiger partial charge in [0.05, 0.1) is 44.6 Å². The number of ether oxygens (including phenoxy) is 2. The van der Waals surface area contributed by atoms with Crippen molar-refractivity contribution in [3.8, 4) is 0 Å². The lowest BCUT2D eigenvalue weighted by molar-refractivity contribution is -0.120. The molecule has 3 N–H and O–H groups in total. The molecule has 3 aliphatic rings. The maximum absolute atomic E-state index is 14.8. The van der Waals surface area contributed by atoms with Crippen LogP contribution in [0.15, 0.2) is 12.1 Å². The molecule has 11 heteroatoms. The molecule has 0 aliphatic carbocycles. The van der Waals surface area contributed by atoms with E-state index in [9.17, 15) is 18.4 Å². The van der Waals surface area contributed by atoms with E-state index in [1.54, 1.807) is 4.90 Å². The van der Waals surface area contributed by atoms with Crippen molar-refractivity contribution < 1.29 is 27.8 Å². The van der Waals surface area contributed by atoms with Gasteiger partial charge in [0.2, 0.25) is 5.91 Å². The Hall–Kier alpha value is -2.50. The zero-order valence-electron chi connectivity index (χ0n) is 16.5. The van der Waals surface area contributed by atoms with E-state index in [1.165, 1.54) is 0 Å². The minimum atomic E-state index is -0.724. The average Bonchev–Trinajstić information content (AvgIpc) is 3.06. The summed E-state index contributed by atoms with van der Waals surface area (Å²) in [7, 11) is 0. The number of nitrogens with two attached hydrogens (primary N) is 1. The van der Waals surface area contributed by atoms with Gasteiger partial charge in [-0.05, 0) is 0 Å².